The average molecular weight is 400 g/mol. The van der Waals surface area contributed by atoms with Crippen molar-refractivity contribution in [3.05, 3.63) is 46.7 Å². The molecule has 2 aliphatic rings. The quantitative estimate of drug-likeness (QED) is 0.740. The van der Waals surface area contributed by atoms with Crippen molar-refractivity contribution in [1.82, 2.24) is 15.1 Å². The zero-order valence-corrected chi connectivity index (χ0v) is 18.0. The number of piperidine rings is 1. The number of urea groups is 1. The van der Waals surface area contributed by atoms with Crippen LogP contribution in [0.4, 0.5) is 4.79 Å². The van der Waals surface area contributed by atoms with Crippen LogP contribution in [0, 0.1) is 6.92 Å². The zero-order valence-electron chi connectivity index (χ0n) is 18.0. The Hall–Kier alpha value is -2.34. The van der Waals surface area contributed by atoms with Gasteiger partial charge in [-0.3, -0.25) is 9.80 Å². The van der Waals surface area contributed by atoms with Gasteiger partial charge in [0.1, 0.15) is 0 Å². The molecule has 158 valence electrons. The lowest BCUT2D eigenvalue weighted by Crippen LogP contribution is -2.52. The fourth-order valence-corrected chi connectivity index (χ4v) is 4.34. The maximum absolute atomic E-state index is 13.1. The fourth-order valence-electron chi connectivity index (χ4n) is 4.34. The van der Waals surface area contributed by atoms with Crippen LogP contribution in [0.3, 0.4) is 0 Å². The van der Waals surface area contributed by atoms with E-state index in [9.17, 15) is 9.59 Å². The van der Waals surface area contributed by atoms with Crippen LogP contribution in [0.1, 0.15) is 57.2 Å². The minimum Gasteiger partial charge on any atom is -0.463 e. The number of carbonyl (C=O) groups is 2. The number of nitrogens with zero attached hydrogens (tertiary/aromatic N) is 2. The van der Waals surface area contributed by atoms with Crippen molar-refractivity contribution in [1.29, 1.82) is 0 Å². The van der Waals surface area contributed by atoms with E-state index in [4.69, 9.17) is 4.74 Å². The molecule has 2 amide bonds. The number of amides is 2. The second kappa shape index (κ2) is 9.44. The van der Waals surface area contributed by atoms with E-state index in [0.717, 1.165) is 36.2 Å². The van der Waals surface area contributed by atoms with E-state index in [1.807, 2.05) is 45.0 Å². The van der Waals surface area contributed by atoms with Gasteiger partial charge in [-0.25, -0.2) is 9.59 Å². The monoisotopic (exact) mass is 399 g/mol. The Morgan fingerprint density at radius 1 is 1.28 bits per heavy atom. The van der Waals surface area contributed by atoms with E-state index in [2.05, 4.69) is 17.1 Å². The van der Waals surface area contributed by atoms with Crippen LogP contribution < -0.4 is 5.32 Å². The van der Waals surface area contributed by atoms with Gasteiger partial charge in [0.25, 0.3) is 0 Å². The maximum Gasteiger partial charge on any atom is 0.338 e. The summed E-state index contributed by atoms with van der Waals surface area (Å²) in [6.07, 6.45) is 3.51. The summed E-state index contributed by atoms with van der Waals surface area (Å²) >= 11 is 0. The molecule has 2 heterocycles. The second-order valence-corrected chi connectivity index (χ2v) is 7.94. The summed E-state index contributed by atoms with van der Waals surface area (Å²) in [7, 11) is 0. The number of carbonyl (C=O) groups excluding carboxylic acids is 2. The molecule has 1 aromatic carbocycles. The lowest BCUT2D eigenvalue weighted by molar-refractivity contribution is -0.139. The number of likely N-dealkylation sites (tertiary alicyclic amines) is 1. The van der Waals surface area contributed by atoms with Gasteiger partial charge in [0.2, 0.25) is 0 Å². The predicted molar refractivity (Wildman–Crippen MR) is 113 cm³/mol. The van der Waals surface area contributed by atoms with Crippen LogP contribution in [0.15, 0.2) is 35.5 Å². The van der Waals surface area contributed by atoms with E-state index < -0.39 is 6.04 Å². The van der Waals surface area contributed by atoms with Crippen LogP contribution in [0.2, 0.25) is 0 Å². The van der Waals surface area contributed by atoms with Gasteiger partial charge in [0.05, 0.1) is 18.2 Å². The largest absolute Gasteiger partial charge is 0.463 e. The molecule has 1 saturated heterocycles. The van der Waals surface area contributed by atoms with Crippen molar-refractivity contribution < 1.29 is 14.3 Å². The number of ether oxygens (including phenoxy) is 1. The second-order valence-electron chi connectivity index (χ2n) is 7.94. The molecule has 0 saturated carbocycles. The van der Waals surface area contributed by atoms with Gasteiger partial charge in [0.15, 0.2) is 0 Å². The number of hydrogen-bond acceptors (Lipinski definition) is 4. The zero-order chi connectivity index (χ0) is 21.0. The Balaban J connectivity index is 2.10. The van der Waals surface area contributed by atoms with Crippen molar-refractivity contribution in [2.45, 2.75) is 59.0 Å². The third kappa shape index (κ3) is 4.64. The summed E-state index contributed by atoms with van der Waals surface area (Å²) < 4.78 is 5.44. The number of nitrogens with one attached hydrogen (secondary N) is 1. The van der Waals surface area contributed by atoms with Gasteiger partial charge in [-0.2, -0.15) is 0 Å². The Bertz CT molecular complexity index is 789. The minimum atomic E-state index is -0.501. The van der Waals surface area contributed by atoms with E-state index in [-0.39, 0.29) is 12.0 Å². The van der Waals surface area contributed by atoms with E-state index in [1.165, 1.54) is 6.42 Å². The SMILES string of the molecule is CCOC(=O)C1=C(CN2CCCCC2C)N(CC)C(=O)NC1c1cccc(C)c1. The summed E-state index contributed by atoms with van der Waals surface area (Å²) in [5.41, 5.74) is 3.32. The highest BCUT2D eigenvalue weighted by molar-refractivity contribution is 5.95. The number of likely N-dealkylation sites (N-methyl/N-ethyl adjacent to an activating group) is 1. The van der Waals surface area contributed by atoms with Crippen LogP contribution in [-0.4, -0.2) is 54.1 Å². The van der Waals surface area contributed by atoms with Crippen LogP contribution in [0.5, 0.6) is 0 Å². The van der Waals surface area contributed by atoms with Crippen LogP contribution in [0.25, 0.3) is 0 Å². The molecule has 3 rings (SSSR count). The van der Waals surface area contributed by atoms with E-state index >= 15 is 0 Å². The van der Waals surface area contributed by atoms with Crippen molar-refractivity contribution >= 4 is 12.0 Å². The first-order valence-electron chi connectivity index (χ1n) is 10.7. The minimum absolute atomic E-state index is 0.160. The molecule has 29 heavy (non-hydrogen) atoms. The number of hydrogen-bond donors (Lipinski definition) is 1. The molecular formula is C23H33N3O3. The first kappa shape index (κ1) is 21.4. The van der Waals surface area contributed by atoms with Crippen LogP contribution in [-0.2, 0) is 9.53 Å². The molecule has 1 N–H and O–H groups in total. The highest BCUT2D eigenvalue weighted by atomic mass is 16.5. The Morgan fingerprint density at radius 3 is 2.72 bits per heavy atom. The first-order chi connectivity index (χ1) is 14.0. The summed E-state index contributed by atoms with van der Waals surface area (Å²) in [5.74, 6) is -0.350. The molecule has 0 radical (unpaired) electrons. The third-order valence-electron chi connectivity index (χ3n) is 5.92. The number of benzene rings is 1. The van der Waals surface area contributed by atoms with Crippen molar-refractivity contribution in [3.8, 4) is 0 Å². The number of rotatable bonds is 6. The van der Waals surface area contributed by atoms with Crippen molar-refractivity contribution in [3.63, 3.8) is 0 Å². The molecule has 6 heteroatoms. The maximum atomic E-state index is 13.1. The van der Waals surface area contributed by atoms with Crippen molar-refractivity contribution in [2.24, 2.45) is 0 Å². The van der Waals surface area contributed by atoms with Gasteiger partial charge >= 0.3 is 12.0 Å². The molecule has 6 nitrogen and oxygen atoms in total. The normalized spacial score (nSPS) is 23.2. The van der Waals surface area contributed by atoms with Gasteiger partial charge in [-0.15, -0.1) is 0 Å². The summed E-state index contributed by atoms with van der Waals surface area (Å²) in [4.78, 5) is 30.1. The van der Waals surface area contributed by atoms with Gasteiger partial charge in [-0.05, 0) is 52.6 Å². The number of aryl methyl sites for hydroxylation is 1. The van der Waals surface area contributed by atoms with E-state index in [0.29, 0.717) is 31.3 Å². The third-order valence-corrected chi connectivity index (χ3v) is 5.92. The lowest BCUT2D eigenvalue weighted by Gasteiger charge is -2.40. The standard InChI is InChI=1S/C23H33N3O3/c1-5-26-19(15-25-13-8-7-11-17(25)4)20(22(27)29-6-2)21(24-23(26)28)18-12-9-10-16(3)14-18/h9-10,12,14,17,21H,5-8,11,13,15H2,1-4H3,(H,24,28). The molecule has 2 unspecified atom stereocenters. The molecule has 1 fully saturated rings. The van der Waals surface area contributed by atoms with E-state index in [1.54, 1.807) is 4.90 Å². The summed E-state index contributed by atoms with van der Waals surface area (Å²) in [6.45, 7) is 10.4. The lowest BCUT2D eigenvalue weighted by atomic mass is 9.92. The molecule has 0 aliphatic carbocycles. The van der Waals surface area contributed by atoms with Crippen molar-refractivity contribution in [2.75, 3.05) is 26.2 Å². The summed E-state index contributed by atoms with van der Waals surface area (Å²) in [5, 5.41) is 3.04. The van der Waals surface area contributed by atoms with Crippen LogP contribution >= 0.6 is 0 Å². The smallest absolute Gasteiger partial charge is 0.338 e. The highest BCUT2D eigenvalue weighted by Gasteiger charge is 2.38. The fraction of sp³-hybridized carbons (Fsp3) is 0.565. The molecular weight excluding hydrogens is 366 g/mol. The average Bonchev–Trinajstić information content (AvgIpc) is 2.69. The Kier molecular flexibility index (Phi) is 6.96. The molecule has 0 aromatic heterocycles. The molecule has 2 aliphatic heterocycles. The topological polar surface area (TPSA) is 61.9 Å². The first-order valence-corrected chi connectivity index (χ1v) is 10.7. The van der Waals surface area contributed by atoms with Gasteiger partial charge in [0, 0.05) is 24.8 Å². The molecule has 2 atom stereocenters. The molecule has 0 spiro atoms. The molecule has 1 aromatic rings. The predicted octanol–water partition coefficient (Wildman–Crippen LogP) is 3.77. The highest BCUT2D eigenvalue weighted by Crippen LogP contribution is 2.33. The Labute approximate surface area is 173 Å². The van der Waals surface area contributed by atoms with Gasteiger partial charge in [-0.1, -0.05) is 36.2 Å². The number of esters is 1. The van der Waals surface area contributed by atoms with Gasteiger partial charge < -0.3 is 10.1 Å². The summed E-state index contributed by atoms with van der Waals surface area (Å²) in [6, 6.07) is 7.72. The Morgan fingerprint density at radius 2 is 2.07 bits per heavy atom. The molecule has 0 bridgehead atoms.